The normalized spacial score (nSPS) is 26.2. The number of aliphatic hydroxyl groups is 1. The first-order valence-electron chi connectivity index (χ1n) is 7.45. The van der Waals surface area contributed by atoms with Gasteiger partial charge in [0.1, 0.15) is 0 Å². The van der Waals surface area contributed by atoms with Crippen LogP contribution >= 0.6 is 0 Å². The van der Waals surface area contributed by atoms with E-state index >= 15 is 0 Å². The SMILES string of the molecule is CC1CN(C(=O)c2cccc3c2CCNC3)CCC1O. The average molecular weight is 274 g/mol. The van der Waals surface area contributed by atoms with Crippen LogP contribution in [0.1, 0.15) is 34.8 Å². The monoisotopic (exact) mass is 274 g/mol. The van der Waals surface area contributed by atoms with Crippen LogP contribution in [-0.2, 0) is 13.0 Å². The molecule has 20 heavy (non-hydrogen) atoms. The van der Waals surface area contributed by atoms with E-state index in [-0.39, 0.29) is 17.9 Å². The summed E-state index contributed by atoms with van der Waals surface area (Å²) >= 11 is 0. The summed E-state index contributed by atoms with van der Waals surface area (Å²) in [5, 5.41) is 13.1. The molecule has 0 bridgehead atoms. The zero-order chi connectivity index (χ0) is 14.1. The lowest BCUT2D eigenvalue weighted by atomic mass is 9.92. The number of fused-ring (bicyclic) bond motifs is 1. The Labute approximate surface area is 119 Å². The zero-order valence-corrected chi connectivity index (χ0v) is 11.9. The van der Waals surface area contributed by atoms with Crippen molar-refractivity contribution in [2.75, 3.05) is 19.6 Å². The highest BCUT2D eigenvalue weighted by atomic mass is 16.3. The molecule has 2 unspecified atom stereocenters. The van der Waals surface area contributed by atoms with Crippen LogP contribution in [0.25, 0.3) is 0 Å². The summed E-state index contributed by atoms with van der Waals surface area (Å²) in [4.78, 5) is 14.6. The third-order valence-corrected chi connectivity index (χ3v) is 4.52. The van der Waals surface area contributed by atoms with Gasteiger partial charge in [0.05, 0.1) is 6.10 Å². The van der Waals surface area contributed by atoms with Gasteiger partial charge < -0.3 is 15.3 Å². The number of hydrogen-bond acceptors (Lipinski definition) is 3. The maximum absolute atomic E-state index is 12.7. The van der Waals surface area contributed by atoms with E-state index in [0.717, 1.165) is 25.1 Å². The number of likely N-dealkylation sites (tertiary alicyclic amines) is 1. The molecule has 1 aromatic rings. The van der Waals surface area contributed by atoms with Gasteiger partial charge in [0.2, 0.25) is 0 Å². The number of carbonyl (C=O) groups is 1. The Morgan fingerprint density at radius 3 is 3.10 bits per heavy atom. The van der Waals surface area contributed by atoms with Crippen molar-refractivity contribution in [2.24, 2.45) is 5.92 Å². The molecular weight excluding hydrogens is 252 g/mol. The minimum Gasteiger partial charge on any atom is -0.393 e. The number of piperidine rings is 1. The van der Waals surface area contributed by atoms with Crippen LogP contribution in [0.4, 0.5) is 0 Å². The molecule has 2 heterocycles. The van der Waals surface area contributed by atoms with Crippen molar-refractivity contribution < 1.29 is 9.90 Å². The molecule has 0 spiro atoms. The van der Waals surface area contributed by atoms with Gasteiger partial charge in [-0.25, -0.2) is 0 Å². The predicted molar refractivity (Wildman–Crippen MR) is 77.5 cm³/mol. The fourth-order valence-corrected chi connectivity index (χ4v) is 3.22. The lowest BCUT2D eigenvalue weighted by molar-refractivity contribution is 0.0297. The Balaban J connectivity index is 1.84. The van der Waals surface area contributed by atoms with Crippen LogP contribution in [-0.4, -0.2) is 41.7 Å². The maximum Gasteiger partial charge on any atom is 0.254 e. The van der Waals surface area contributed by atoms with Gasteiger partial charge >= 0.3 is 0 Å². The molecular formula is C16H22N2O2. The standard InChI is InChI=1S/C16H22N2O2/c1-11-10-18(8-6-15(11)19)16(20)14-4-2-3-12-9-17-7-5-13(12)14/h2-4,11,15,17,19H,5-10H2,1H3. The summed E-state index contributed by atoms with van der Waals surface area (Å²) in [6, 6.07) is 6.02. The van der Waals surface area contributed by atoms with Crippen LogP contribution in [0.2, 0.25) is 0 Å². The minimum atomic E-state index is -0.270. The molecule has 4 nitrogen and oxygen atoms in total. The van der Waals surface area contributed by atoms with Crippen molar-refractivity contribution in [3.8, 4) is 0 Å². The number of nitrogens with zero attached hydrogens (tertiary/aromatic N) is 1. The van der Waals surface area contributed by atoms with Gasteiger partial charge in [0.25, 0.3) is 5.91 Å². The quantitative estimate of drug-likeness (QED) is 0.808. The molecule has 0 aromatic heterocycles. The number of hydrogen-bond donors (Lipinski definition) is 2. The molecule has 2 aliphatic rings. The molecule has 1 saturated heterocycles. The van der Waals surface area contributed by atoms with Gasteiger partial charge in [-0.1, -0.05) is 19.1 Å². The molecule has 3 rings (SSSR count). The predicted octanol–water partition coefficient (Wildman–Crippen LogP) is 1.18. The van der Waals surface area contributed by atoms with E-state index in [4.69, 9.17) is 0 Å². The molecule has 2 N–H and O–H groups in total. The van der Waals surface area contributed by atoms with Gasteiger partial charge in [-0.3, -0.25) is 4.79 Å². The van der Waals surface area contributed by atoms with Crippen LogP contribution in [0.15, 0.2) is 18.2 Å². The third kappa shape index (κ3) is 2.45. The number of benzene rings is 1. The zero-order valence-electron chi connectivity index (χ0n) is 11.9. The lowest BCUT2D eigenvalue weighted by Gasteiger charge is -2.35. The van der Waals surface area contributed by atoms with Crippen LogP contribution < -0.4 is 5.32 Å². The summed E-state index contributed by atoms with van der Waals surface area (Å²) in [6.07, 6.45) is 1.33. The molecule has 2 atom stereocenters. The van der Waals surface area contributed by atoms with Crippen LogP contribution in [0.3, 0.4) is 0 Å². The molecule has 0 aliphatic carbocycles. The Morgan fingerprint density at radius 2 is 2.30 bits per heavy atom. The van der Waals surface area contributed by atoms with Crippen molar-refractivity contribution in [1.29, 1.82) is 0 Å². The first kappa shape index (κ1) is 13.6. The second-order valence-electron chi connectivity index (χ2n) is 5.95. The summed E-state index contributed by atoms with van der Waals surface area (Å²) in [6.45, 7) is 5.11. The van der Waals surface area contributed by atoms with E-state index in [1.807, 2.05) is 24.0 Å². The van der Waals surface area contributed by atoms with Crippen molar-refractivity contribution in [3.63, 3.8) is 0 Å². The van der Waals surface area contributed by atoms with E-state index in [2.05, 4.69) is 11.4 Å². The van der Waals surface area contributed by atoms with Gasteiger partial charge in [-0.2, -0.15) is 0 Å². The van der Waals surface area contributed by atoms with Crippen molar-refractivity contribution in [3.05, 3.63) is 34.9 Å². The highest BCUT2D eigenvalue weighted by Crippen LogP contribution is 2.23. The Morgan fingerprint density at radius 1 is 1.45 bits per heavy atom. The van der Waals surface area contributed by atoms with E-state index in [1.165, 1.54) is 11.1 Å². The fraction of sp³-hybridized carbons (Fsp3) is 0.562. The number of carbonyl (C=O) groups excluding carboxylic acids is 1. The summed E-state index contributed by atoms with van der Waals surface area (Å²) in [7, 11) is 0. The number of rotatable bonds is 1. The summed E-state index contributed by atoms with van der Waals surface area (Å²) in [5.74, 6) is 0.288. The molecule has 4 heteroatoms. The average Bonchev–Trinajstić information content (AvgIpc) is 2.49. The maximum atomic E-state index is 12.7. The second-order valence-corrected chi connectivity index (χ2v) is 5.95. The van der Waals surface area contributed by atoms with E-state index < -0.39 is 0 Å². The highest BCUT2D eigenvalue weighted by molar-refractivity contribution is 5.96. The largest absolute Gasteiger partial charge is 0.393 e. The molecule has 0 saturated carbocycles. The van der Waals surface area contributed by atoms with E-state index in [9.17, 15) is 9.90 Å². The Hall–Kier alpha value is -1.39. The second kappa shape index (κ2) is 5.54. The molecule has 1 aromatic carbocycles. The number of amides is 1. The molecule has 2 aliphatic heterocycles. The van der Waals surface area contributed by atoms with Gasteiger partial charge in [0, 0.05) is 25.2 Å². The van der Waals surface area contributed by atoms with Crippen molar-refractivity contribution >= 4 is 5.91 Å². The number of aliphatic hydroxyl groups excluding tert-OH is 1. The van der Waals surface area contributed by atoms with E-state index in [0.29, 0.717) is 19.5 Å². The van der Waals surface area contributed by atoms with Crippen LogP contribution in [0.5, 0.6) is 0 Å². The van der Waals surface area contributed by atoms with Gasteiger partial charge in [-0.15, -0.1) is 0 Å². The minimum absolute atomic E-state index is 0.127. The molecule has 0 radical (unpaired) electrons. The Bertz CT molecular complexity index is 515. The van der Waals surface area contributed by atoms with Gasteiger partial charge in [0.15, 0.2) is 0 Å². The Kier molecular flexibility index (Phi) is 3.76. The topological polar surface area (TPSA) is 52.6 Å². The first-order valence-corrected chi connectivity index (χ1v) is 7.45. The van der Waals surface area contributed by atoms with E-state index in [1.54, 1.807) is 0 Å². The third-order valence-electron chi connectivity index (χ3n) is 4.52. The number of nitrogens with one attached hydrogen (secondary N) is 1. The lowest BCUT2D eigenvalue weighted by Crippen LogP contribution is -2.45. The smallest absolute Gasteiger partial charge is 0.254 e. The van der Waals surface area contributed by atoms with Crippen LogP contribution in [0, 0.1) is 5.92 Å². The van der Waals surface area contributed by atoms with Crippen molar-refractivity contribution in [1.82, 2.24) is 10.2 Å². The highest BCUT2D eigenvalue weighted by Gasteiger charge is 2.29. The molecule has 1 fully saturated rings. The van der Waals surface area contributed by atoms with Gasteiger partial charge in [-0.05, 0) is 42.5 Å². The fourth-order valence-electron chi connectivity index (χ4n) is 3.22. The summed E-state index contributed by atoms with van der Waals surface area (Å²) in [5.41, 5.74) is 3.30. The molecule has 108 valence electrons. The molecule has 1 amide bonds. The summed E-state index contributed by atoms with van der Waals surface area (Å²) < 4.78 is 0. The first-order chi connectivity index (χ1) is 9.66. The van der Waals surface area contributed by atoms with Crippen molar-refractivity contribution in [2.45, 2.75) is 32.4 Å².